The van der Waals surface area contributed by atoms with Crippen molar-refractivity contribution in [3.05, 3.63) is 30.3 Å². The molecule has 0 saturated heterocycles. The van der Waals surface area contributed by atoms with Crippen molar-refractivity contribution in [3.63, 3.8) is 0 Å². The van der Waals surface area contributed by atoms with E-state index in [1.165, 1.54) is 5.01 Å². The average Bonchev–Trinajstić information content (AvgIpc) is 2.47. The molecule has 1 heterocycles. The van der Waals surface area contributed by atoms with Crippen LogP contribution in [0.25, 0.3) is 0 Å². The zero-order valence-corrected chi connectivity index (χ0v) is 7.52. The molecule has 0 bridgehead atoms. The third kappa shape index (κ3) is 1.45. The summed E-state index contributed by atoms with van der Waals surface area (Å²) in [5, 5.41) is 16.3. The summed E-state index contributed by atoms with van der Waals surface area (Å²) in [6.07, 6.45) is 0. The van der Waals surface area contributed by atoms with Gasteiger partial charge in [-0.25, -0.2) is 5.01 Å². The summed E-state index contributed by atoms with van der Waals surface area (Å²) >= 11 is 3.91. The van der Waals surface area contributed by atoms with Gasteiger partial charge in [-0.1, -0.05) is 41.2 Å². The highest BCUT2D eigenvalue weighted by Gasteiger charge is 2.35. The Bertz CT molecular complexity index is 327. The van der Waals surface area contributed by atoms with Gasteiger partial charge in [0, 0.05) is 0 Å². The Balaban J connectivity index is 2.29. The van der Waals surface area contributed by atoms with Crippen LogP contribution in [0.4, 0.5) is 5.69 Å². The lowest BCUT2D eigenvalue weighted by atomic mass is 10.3. The van der Waals surface area contributed by atoms with Crippen LogP contribution in [0, 0.1) is 0 Å². The average molecular weight is 196 g/mol. The Labute approximate surface area is 80.4 Å². The predicted octanol–water partition coefficient (Wildman–Crippen LogP) is 0.912. The number of thiol groups is 1. The third-order valence-corrected chi connectivity index (χ3v) is 1.93. The van der Waals surface area contributed by atoms with Crippen LogP contribution in [0.3, 0.4) is 0 Å². The van der Waals surface area contributed by atoms with E-state index < -0.39 is 5.18 Å². The van der Waals surface area contributed by atoms with Gasteiger partial charge >= 0.3 is 5.18 Å². The van der Waals surface area contributed by atoms with Gasteiger partial charge in [-0.2, -0.15) is 5.53 Å². The van der Waals surface area contributed by atoms with E-state index in [0.717, 1.165) is 5.69 Å². The van der Waals surface area contributed by atoms with E-state index in [1.54, 1.807) is 0 Å². The molecule has 0 aliphatic carbocycles. The van der Waals surface area contributed by atoms with Crippen LogP contribution in [-0.4, -0.2) is 10.3 Å². The minimum atomic E-state index is -1.61. The fraction of sp³-hybridized carbons (Fsp3) is 0.143. The van der Waals surface area contributed by atoms with Crippen LogP contribution in [0.2, 0.25) is 0 Å². The Kier molecular flexibility index (Phi) is 1.86. The number of nitrogens with zero attached hydrogens (tertiary/aromatic N) is 3. The standard InChI is InChI=1S/C7H8N4OS/c12-7(13)8-9-10-11(7)6-4-2-1-3-5-6/h1-5,12-13H,(H,8,10). The zero-order chi connectivity index (χ0) is 9.31. The van der Waals surface area contributed by atoms with Crippen LogP contribution in [0.5, 0.6) is 0 Å². The topological polar surface area (TPSA) is 60.2 Å². The van der Waals surface area contributed by atoms with Crippen molar-refractivity contribution in [2.24, 2.45) is 10.3 Å². The maximum absolute atomic E-state index is 9.57. The van der Waals surface area contributed by atoms with Crippen molar-refractivity contribution in [3.8, 4) is 0 Å². The molecule has 1 unspecified atom stereocenters. The van der Waals surface area contributed by atoms with Gasteiger partial charge in [0.2, 0.25) is 0 Å². The number of hydrogen-bond donors (Lipinski definition) is 3. The molecule has 68 valence electrons. The number of nitrogens with one attached hydrogen (secondary N) is 1. The monoisotopic (exact) mass is 196 g/mol. The normalized spacial score (nSPS) is 26.2. The molecular weight excluding hydrogens is 188 g/mol. The molecule has 5 nitrogen and oxygen atoms in total. The molecular formula is C7H8N4OS. The second kappa shape index (κ2) is 2.90. The van der Waals surface area contributed by atoms with E-state index in [9.17, 15) is 5.11 Å². The fourth-order valence-corrected chi connectivity index (χ4v) is 1.26. The number of para-hydroxylation sites is 1. The van der Waals surface area contributed by atoms with Gasteiger partial charge < -0.3 is 5.11 Å². The summed E-state index contributed by atoms with van der Waals surface area (Å²) in [5.74, 6) is 0. The molecule has 0 saturated carbocycles. The van der Waals surface area contributed by atoms with Crippen molar-refractivity contribution >= 4 is 18.3 Å². The maximum Gasteiger partial charge on any atom is 0.324 e. The van der Waals surface area contributed by atoms with Crippen LogP contribution in [0.15, 0.2) is 40.7 Å². The lowest BCUT2D eigenvalue weighted by Crippen LogP contribution is -2.44. The lowest BCUT2D eigenvalue weighted by Gasteiger charge is -2.25. The van der Waals surface area contributed by atoms with Gasteiger partial charge in [-0.3, -0.25) is 0 Å². The van der Waals surface area contributed by atoms with Crippen LogP contribution < -0.4 is 10.5 Å². The second-order valence-electron chi connectivity index (χ2n) is 2.57. The van der Waals surface area contributed by atoms with E-state index >= 15 is 0 Å². The summed E-state index contributed by atoms with van der Waals surface area (Å²) in [6.45, 7) is 0. The van der Waals surface area contributed by atoms with Gasteiger partial charge in [0.25, 0.3) is 0 Å². The molecule has 1 atom stereocenters. The van der Waals surface area contributed by atoms with Gasteiger partial charge in [-0.05, 0) is 12.1 Å². The van der Waals surface area contributed by atoms with Gasteiger partial charge in [0.05, 0.1) is 5.69 Å². The van der Waals surface area contributed by atoms with E-state index in [1.807, 2.05) is 30.3 Å². The molecule has 2 rings (SSSR count). The number of benzene rings is 1. The van der Waals surface area contributed by atoms with Crippen molar-refractivity contribution in [1.82, 2.24) is 5.53 Å². The predicted molar refractivity (Wildman–Crippen MR) is 50.8 cm³/mol. The minimum Gasteiger partial charge on any atom is -0.342 e. The van der Waals surface area contributed by atoms with Gasteiger partial charge in [-0.15, -0.1) is 0 Å². The highest BCUT2D eigenvalue weighted by Crippen LogP contribution is 2.27. The second-order valence-corrected chi connectivity index (χ2v) is 3.17. The van der Waals surface area contributed by atoms with Crippen molar-refractivity contribution in [2.75, 3.05) is 5.01 Å². The Morgan fingerprint density at radius 3 is 2.62 bits per heavy atom. The quantitative estimate of drug-likeness (QED) is 0.462. The van der Waals surface area contributed by atoms with Crippen LogP contribution >= 0.6 is 12.6 Å². The first-order valence-corrected chi connectivity index (χ1v) is 4.12. The summed E-state index contributed by atoms with van der Waals surface area (Å²) in [5.41, 5.74) is 3.27. The summed E-state index contributed by atoms with van der Waals surface area (Å²) in [6, 6.07) is 9.19. The summed E-state index contributed by atoms with van der Waals surface area (Å²) < 4.78 is 0. The third-order valence-electron chi connectivity index (χ3n) is 1.64. The molecule has 0 fully saturated rings. The van der Waals surface area contributed by atoms with Crippen LogP contribution in [-0.2, 0) is 0 Å². The van der Waals surface area contributed by atoms with Crippen molar-refractivity contribution in [1.29, 1.82) is 0 Å². The number of rotatable bonds is 1. The molecule has 0 aromatic heterocycles. The highest BCUT2D eigenvalue weighted by atomic mass is 32.1. The molecule has 0 amide bonds. The first-order chi connectivity index (χ1) is 6.20. The zero-order valence-electron chi connectivity index (χ0n) is 6.62. The van der Waals surface area contributed by atoms with Gasteiger partial charge in [0.1, 0.15) is 0 Å². The van der Waals surface area contributed by atoms with E-state index in [2.05, 4.69) is 28.5 Å². The summed E-state index contributed by atoms with van der Waals surface area (Å²) in [4.78, 5) is 0. The minimum absolute atomic E-state index is 0.741. The Morgan fingerprint density at radius 2 is 2.08 bits per heavy atom. The van der Waals surface area contributed by atoms with E-state index in [4.69, 9.17) is 0 Å². The lowest BCUT2D eigenvalue weighted by molar-refractivity contribution is 0.149. The smallest absolute Gasteiger partial charge is 0.324 e. The highest BCUT2D eigenvalue weighted by molar-refractivity contribution is 7.81. The number of hydrazine groups is 1. The van der Waals surface area contributed by atoms with Gasteiger partial charge in [0.15, 0.2) is 0 Å². The molecule has 2 N–H and O–H groups in total. The summed E-state index contributed by atoms with van der Waals surface area (Å²) in [7, 11) is 0. The SMILES string of the molecule is OC1(S)N=NNN1c1ccccc1. The first kappa shape index (κ1) is 8.33. The van der Waals surface area contributed by atoms with E-state index in [-0.39, 0.29) is 0 Å². The molecule has 13 heavy (non-hydrogen) atoms. The Hall–Kier alpha value is -1.27. The molecule has 1 aliphatic heterocycles. The van der Waals surface area contributed by atoms with E-state index in [0.29, 0.717) is 0 Å². The molecule has 1 aromatic carbocycles. The first-order valence-electron chi connectivity index (χ1n) is 3.68. The molecule has 1 aliphatic rings. The molecule has 0 spiro atoms. The van der Waals surface area contributed by atoms with Crippen molar-refractivity contribution in [2.45, 2.75) is 5.18 Å². The largest absolute Gasteiger partial charge is 0.342 e. The van der Waals surface area contributed by atoms with Crippen LogP contribution in [0.1, 0.15) is 0 Å². The number of aliphatic hydroxyl groups is 1. The number of hydrogen-bond acceptors (Lipinski definition) is 6. The fourth-order valence-electron chi connectivity index (χ4n) is 1.05. The molecule has 6 heteroatoms. The van der Waals surface area contributed by atoms with Crippen molar-refractivity contribution < 1.29 is 5.11 Å². The molecule has 0 radical (unpaired) electrons. The molecule has 1 aromatic rings. The maximum atomic E-state index is 9.57. The number of anilines is 1. The Morgan fingerprint density at radius 1 is 1.38 bits per heavy atom.